The van der Waals surface area contributed by atoms with Gasteiger partial charge in [0, 0.05) is 24.0 Å². The predicted molar refractivity (Wildman–Crippen MR) is 67.1 cm³/mol. The molecule has 0 aromatic carbocycles. The maximum absolute atomic E-state index is 3.57. The lowest BCUT2D eigenvalue weighted by molar-refractivity contribution is 0.118. The van der Waals surface area contributed by atoms with Crippen molar-refractivity contribution in [2.24, 2.45) is 0 Å². The lowest BCUT2D eigenvalue weighted by Crippen LogP contribution is -2.43. The topological polar surface area (TPSA) is 3.24 Å². The van der Waals surface area contributed by atoms with E-state index in [1.54, 1.807) is 0 Å². The summed E-state index contributed by atoms with van der Waals surface area (Å²) < 4.78 is 0. The molecule has 1 rings (SSSR count). The molecule has 0 radical (unpaired) electrons. The molecule has 1 unspecified atom stereocenters. The largest absolute Gasteiger partial charge is 0.297 e. The number of nitrogens with zero attached hydrogens (tertiary/aromatic N) is 1. The third-order valence-corrected chi connectivity index (χ3v) is 3.90. The van der Waals surface area contributed by atoms with Gasteiger partial charge in [-0.2, -0.15) is 0 Å². The molecule has 0 aromatic heterocycles. The van der Waals surface area contributed by atoms with Crippen LogP contribution >= 0.6 is 15.9 Å². The van der Waals surface area contributed by atoms with Crippen molar-refractivity contribution in [3.8, 4) is 0 Å². The van der Waals surface area contributed by atoms with Crippen LogP contribution in [0.1, 0.15) is 52.4 Å². The van der Waals surface area contributed by atoms with Crippen molar-refractivity contribution in [2.45, 2.75) is 64.5 Å². The van der Waals surface area contributed by atoms with Gasteiger partial charge < -0.3 is 0 Å². The Morgan fingerprint density at radius 3 is 2.43 bits per heavy atom. The summed E-state index contributed by atoms with van der Waals surface area (Å²) in [6, 6.07) is 1.63. The second kappa shape index (κ2) is 6.84. The molecular formula is C12H24BrN. The summed E-state index contributed by atoms with van der Waals surface area (Å²) in [5, 5.41) is 1.12. The summed E-state index contributed by atoms with van der Waals surface area (Å²) in [6.07, 6.45) is 8.48. The van der Waals surface area contributed by atoms with Gasteiger partial charge in [0.05, 0.1) is 0 Å². The molecule has 0 aliphatic heterocycles. The van der Waals surface area contributed by atoms with Crippen molar-refractivity contribution >= 4 is 15.9 Å². The zero-order chi connectivity index (χ0) is 10.4. The fourth-order valence-corrected chi connectivity index (χ4v) is 2.92. The van der Waals surface area contributed by atoms with Crippen LogP contribution in [0.4, 0.5) is 0 Å². The van der Waals surface area contributed by atoms with E-state index < -0.39 is 0 Å². The molecule has 84 valence electrons. The summed E-state index contributed by atoms with van der Waals surface area (Å²) in [6.45, 7) is 5.89. The fraction of sp³-hybridized carbons (Fsp3) is 1.00. The van der Waals surface area contributed by atoms with Crippen molar-refractivity contribution in [3.63, 3.8) is 0 Å². The van der Waals surface area contributed by atoms with Crippen LogP contribution in [0.2, 0.25) is 0 Å². The van der Waals surface area contributed by atoms with Crippen molar-refractivity contribution in [2.75, 3.05) is 11.9 Å². The first-order valence-electron chi connectivity index (χ1n) is 6.11. The second-order valence-electron chi connectivity index (χ2n) is 4.48. The van der Waals surface area contributed by atoms with E-state index in [1.807, 2.05) is 0 Å². The highest BCUT2D eigenvalue weighted by atomic mass is 79.9. The highest BCUT2D eigenvalue weighted by Gasteiger charge is 2.23. The van der Waals surface area contributed by atoms with Gasteiger partial charge in [0.2, 0.25) is 0 Å². The average molecular weight is 262 g/mol. The normalized spacial score (nSPS) is 21.4. The highest BCUT2D eigenvalue weighted by Crippen LogP contribution is 2.24. The highest BCUT2D eigenvalue weighted by molar-refractivity contribution is 9.09. The molecule has 1 nitrogen and oxygen atoms in total. The van der Waals surface area contributed by atoms with Gasteiger partial charge in [-0.3, -0.25) is 4.90 Å². The third-order valence-electron chi connectivity index (χ3n) is 3.54. The fourth-order valence-electron chi connectivity index (χ4n) is 2.51. The van der Waals surface area contributed by atoms with Gasteiger partial charge in [0.15, 0.2) is 0 Å². The van der Waals surface area contributed by atoms with Gasteiger partial charge in [-0.25, -0.2) is 0 Å². The Hall–Kier alpha value is 0.440. The minimum absolute atomic E-state index is 0.760. The summed E-state index contributed by atoms with van der Waals surface area (Å²) in [5.74, 6) is 0. The molecule has 0 bridgehead atoms. The van der Waals surface area contributed by atoms with E-state index >= 15 is 0 Å². The van der Waals surface area contributed by atoms with Crippen LogP contribution in [0.3, 0.4) is 0 Å². The van der Waals surface area contributed by atoms with Gasteiger partial charge in [0.25, 0.3) is 0 Å². The van der Waals surface area contributed by atoms with Gasteiger partial charge in [-0.05, 0) is 26.2 Å². The molecule has 1 aliphatic rings. The number of hydrogen-bond acceptors (Lipinski definition) is 1. The van der Waals surface area contributed by atoms with E-state index in [0.29, 0.717) is 0 Å². The SMILES string of the molecule is CCC(C)N(CCBr)C1CCCCC1. The zero-order valence-corrected chi connectivity index (χ0v) is 11.2. The van der Waals surface area contributed by atoms with Crippen LogP contribution in [-0.4, -0.2) is 28.9 Å². The molecule has 1 fully saturated rings. The summed E-state index contributed by atoms with van der Waals surface area (Å²) in [7, 11) is 0. The molecule has 0 spiro atoms. The van der Waals surface area contributed by atoms with Crippen LogP contribution < -0.4 is 0 Å². The van der Waals surface area contributed by atoms with E-state index in [0.717, 1.165) is 17.4 Å². The molecule has 1 saturated carbocycles. The molecule has 0 aromatic rings. The van der Waals surface area contributed by atoms with Crippen molar-refractivity contribution in [3.05, 3.63) is 0 Å². The van der Waals surface area contributed by atoms with Crippen LogP contribution in [0, 0.1) is 0 Å². The smallest absolute Gasteiger partial charge is 0.0159 e. The van der Waals surface area contributed by atoms with Gasteiger partial charge in [-0.15, -0.1) is 0 Å². The zero-order valence-electron chi connectivity index (χ0n) is 9.64. The Morgan fingerprint density at radius 1 is 1.29 bits per heavy atom. The molecule has 0 heterocycles. The summed E-state index contributed by atoms with van der Waals surface area (Å²) >= 11 is 3.57. The first kappa shape index (κ1) is 12.5. The lowest BCUT2D eigenvalue weighted by Gasteiger charge is -2.38. The Morgan fingerprint density at radius 2 is 1.93 bits per heavy atom. The first-order valence-corrected chi connectivity index (χ1v) is 7.23. The molecule has 2 heteroatoms. The number of hydrogen-bond donors (Lipinski definition) is 0. The van der Waals surface area contributed by atoms with E-state index in [1.165, 1.54) is 45.1 Å². The molecule has 0 amide bonds. The molecule has 14 heavy (non-hydrogen) atoms. The summed E-state index contributed by atoms with van der Waals surface area (Å²) in [4.78, 5) is 2.72. The minimum Gasteiger partial charge on any atom is -0.297 e. The monoisotopic (exact) mass is 261 g/mol. The quantitative estimate of drug-likeness (QED) is 0.681. The van der Waals surface area contributed by atoms with Gasteiger partial charge in [0.1, 0.15) is 0 Å². The number of alkyl halides is 1. The van der Waals surface area contributed by atoms with Crippen LogP contribution in [-0.2, 0) is 0 Å². The standard InChI is InChI=1S/C12H24BrN/c1-3-11(2)14(10-9-13)12-7-5-4-6-8-12/h11-12H,3-10H2,1-2H3. The van der Waals surface area contributed by atoms with Crippen LogP contribution in [0.5, 0.6) is 0 Å². The molecular weight excluding hydrogens is 238 g/mol. The number of halogens is 1. The Labute approximate surface area is 97.4 Å². The van der Waals surface area contributed by atoms with E-state index in [-0.39, 0.29) is 0 Å². The third kappa shape index (κ3) is 3.54. The molecule has 1 aliphatic carbocycles. The Bertz CT molecular complexity index is 143. The average Bonchev–Trinajstić information content (AvgIpc) is 2.26. The first-order chi connectivity index (χ1) is 6.79. The van der Waals surface area contributed by atoms with E-state index in [9.17, 15) is 0 Å². The van der Waals surface area contributed by atoms with Crippen molar-refractivity contribution in [1.29, 1.82) is 0 Å². The minimum atomic E-state index is 0.760. The van der Waals surface area contributed by atoms with Crippen molar-refractivity contribution < 1.29 is 0 Å². The Balaban J connectivity index is 2.46. The molecule has 1 atom stereocenters. The Kier molecular flexibility index (Phi) is 6.11. The maximum Gasteiger partial charge on any atom is 0.0159 e. The van der Waals surface area contributed by atoms with Crippen LogP contribution in [0.15, 0.2) is 0 Å². The summed E-state index contributed by atoms with van der Waals surface area (Å²) in [5.41, 5.74) is 0. The van der Waals surface area contributed by atoms with Crippen molar-refractivity contribution in [1.82, 2.24) is 4.90 Å². The molecule has 0 saturated heterocycles. The lowest BCUT2D eigenvalue weighted by atomic mass is 9.93. The predicted octanol–water partition coefficient (Wildman–Crippen LogP) is 3.81. The van der Waals surface area contributed by atoms with Gasteiger partial charge >= 0.3 is 0 Å². The van der Waals surface area contributed by atoms with Gasteiger partial charge in [-0.1, -0.05) is 42.1 Å². The van der Waals surface area contributed by atoms with E-state index in [4.69, 9.17) is 0 Å². The number of rotatable bonds is 5. The second-order valence-corrected chi connectivity index (χ2v) is 5.27. The maximum atomic E-state index is 3.57. The molecule has 0 N–H and O–H groups in total. The van der Waals surface area contributed by atoms with Crippen LogP contribution in [0.25, 0.3) is 0 Å². The van der Waals surface area contributed by atoms with E-state index in [2.05, 4.69) is 34.7 Å².